The molecule has 1 aliphatic rings. The number of aryl methyl sites for hydroxylation is 2. The lowest BCUT2D eigenvalue weighted by molar-refractivity contribution is 0.292. The van der Waals surface area contributed by atoms with Crippen LogP contribution in [0.3, 0.4) is 0 Å². The van der Waals surface area contributed by atoms with Crippen molar-refractivity contribution in [3.63, 3.8) is 0 Å². The third-order valence-corrected chi connectivity index (χ3v) is 6.54. The summed E-state index contributed by atoms with van der Waals surface area (Å²) in [6.07, 6.45) is 4.75. The van der Waals surface area contributed by atoms with E-state index in [4.69, 9.17) is 12.2 Å². The van der Waals surface area contributed by atoms with Crippen molar-refractivity contribution in [2.75, 3.05) is 27.2 Å². The van der Waals surface area contributed by atoms with Crippen molar-refractivity contribution in [3.8, 4) is 5.82 Å². The highest BCUT2D eigenvalue weighted by Crippen LogP contribution is 2.41. The lowest BCUT2D eigenvalue weighted by Gasteiger charge is -2.28. The zero-order valence-electron chi connectivity index (χ0n) is 19.5. The molecule has 0 spiro atoms. The Balaban J connectivity index is 1.78. The maximum atomic E-state index is 5.83. The molecule has 0 saturated carbocycles. The van der Waals surface area contributed by atoms with Gasteiger partial charge in [0.1, 0.15) is 5.82 Å². The number of pyridine rings is 2. The molecule has 1 fully saturated rings. The molecule has 0 aromatic carbocycles. The zero-order valence-corrected chi connectivity index (χ0v) is 20.4. The SMILES string of the molecule is Cc1cccnc1-n1c(C)cc([C@H]2[C@H](c3ccccn3)NC(=S)N2CCCN(C)C)c1C. The molecule has 1 aliphatic heterocycles. The molecule has 32 heavy (non-hydrogen) atoms. The van der Waals surface area contributed by atoms with Crippen LogP contribution in [-0.2, 0) is 0 Å². The Bertz CT molecular complexity index is 1090. The van der Waals surface area contributed by atoms with Gasteiger partial charge in [-0.05, 0) is 95.4 Å². The number of hydrogen-bond donors (Lipinski definition) is 1. The maximum absolute atomic E-state index is 5.83. The van der Waals surface area contributed by atoms with Crippen LogP contribution < -0.4 is 5.32 Å². The fourth-order valence-corrected chi connectivity index (χ4v) is 5.00. The van der Waals surface area contributed by atoms with Gasteiger partial charge in [0, 0.05) is 30.3 Å². The van der Waals surface area contributed by atoms with E-state index in [1.54, 1.807) is 0 Å². The highest BCUT2D eigenvalue weighted by atomic mass is 32.1. The monoisotopic (exact) mass is 448 g/mol. The van der Waals surface area contributed by atoms with Crippen LogP contribution in [0.5, 0.6) is 0 Å². The van der Waals surface area contributed by atoms with Crippen LogP contribution in [-0.4, -0.2) is 56.6 Å². The van der Waals surface area contributed by atoms with E-state index in [-0.39, 0.29) is 12.1 Å². The van der Waals surface area contributed by atoms with Crippen molar-refractivity contribution in [2.45, 2.75) is 39.3 Å². The van der Waals surface area contributed by atoms with E-state index in [1.165, 1.54) is 17.0 Å². The van der Waals surface area contributed by atoms with Gasteiger partial charge < -0.3 is 19.7 Å². The molecule has 2 atom stereocenters. The van der Waals surface area contributed by atoms with Crippen molar-refractivity contribution in [2.24, 2.45) is 0 Å². The van der Waals surface area contributed by atoms with Gasteiger partial charge in [0.2, 0.25) is 0 Å². The molecule has 0 bridgehead atoms. The zero-order chi connectivity index (χ0) is 22.8. The van der Waals surface area contributed by atoms with Crippen molar-refractivity contribution in [1.82, 2.24) is 29.7 Å². The first-order valence-corrected chi connectivity index (χ1v) is 11.5. The van der Waals surface area contributed by atoms with Crippen LogP contribution >= 0.6 is 12.2 Å². The predicted molar refractivity (Wildman–Crippen MR) is 133 cm³/mol. The van der Waals surface area contributed by atoms with Gasteiger partial charge in [-0.25, -0.2) is 4.98 Å². The summed E-state index contributed by atoms with van der Waals surface area (Å²) in [6, 6.07) is 12.5. The van der Waals surface area contributed by atoms with E-state index in [9.17, 15) is 0 Å². The Morgan fingerprint density at radius 1 is 1.06 bits per heavy atom. The Morgan fingerprint density at radius 2 is 1.84 bits per heavy atom. The Kier molecular flexibility index (Phi) is 6.58. The largest absolute Gasteiger partial charge is 0.352 e. The standard InChI is InChI=1S/C25H32N6S/c1-17-10-8-13-27-24(17)31-18(2)16-20(19(31)3)23-22(21-11-6-7-12-26-21)28-25(32)30(23)15-9-14-29(4)5/h6-8,10-13,16,22-23H,9,14-15H2,1-5H3,(H,28,32)/t22-,23-/m0/s1. The van der Waals surface area contributed by atoms with Crippen LogP contribution in [0.15, 0.2) is 48.8 Å². The number of nitrogens with one attached hydrogen (secondary N) is 1. The lowest BCUT2D eigenvalue weighted by Crippen LogP contribution is -2.32. The van der Waals surface area contributed by atoms with Gasteiger partial charge in [-0.2, -0.15) is 0 Å². The summed E-state index contributed by atoms with van der Waals surface area (Å²) in [4.78, 5) is 13.9. The minimum Gasteiger partial charge on any atom is -0.352 e. The minimum absolute atomic E-state index is 0.00170. The first-order valence-electron chi connectivity index (χ1n) is 11.1. The highest BCUT2D eigenvalue weighted by Gasteiger charge is 2.41. The third-order valence-electron chi connectivity index (χ3n) is 6.18. The van der Waals surface area contributed by atoms with Crippen LogP contribution in [0.2, 0.25) is 0 Å². The topological polar surface area (TPSA) is 49.2 Å². The molecule has 7 heteroatoms. The Hall–Kier alpha value is -2.77. The number of thiocarbonyl (C=S) groups is 1. The molecule has 0 unspecified atom stereocenters. The Labute approximate surface area is 196 Å². The van der Waals surface area contributed by atoms with Crippen molar-refractivity contribution in [1.29, 1.82) is 0 Å². The first-order chi connectivity index (χ1) is 15.4. The fourth-order valence-electron chi connectivity index (χ4n) is 4.67. The minimum atomic E-state index is 0.00170. The predicted octanol–water partition coefficient (Wildman–Crippen LogP) is 4.12. The van der Waals surface area contributed by atoms with Gasteiger partial charge in [-0.15, -0.1) is 0 Å². The lowest BCUT2D eigenvalue weighted by atomic mass is 9.96. The van der Waals surface area contributed by atoms with Gasteiger partial charge >= 0.3 is 0 Å². The smallest absolute Gasteiger partial charge is 0.170 e. The number of nitrogens with zero attached hydrogens (tertiary/aromatic N) is 5. The van der Waals surface area contributed by atoms with Crippen LogP contribution in [0, 0.1) is 20.8 Å². The molecule has 1 N–H and O–H groups in total. The van der Waals surface area contributed by atoms with Crippen molar-refractivity contribution < 1.29 is 0 Å². The van der Waals surface area contributed by atoms with Gasteiger partial charge in [0.15, 0.2) is 5.11 Å². The van der Waals surface area contributed by atoms with E-state index in [0.717, 1.165) is 41.7 Å². The summed E-state index contributed by atoms with van der Waals surface area (Å²) in [5.74, 6) is 0.982. The molecule has 4 heterocycles. The van der Waals surface area contributed by atoms with Crippen LogP contribution in [0.4, 0.5) is 0 Å². The molecule has 1 saturated heterocycles. The summed E-state index contributed by atoms with van der Waals surface area (Å²) in [5.41, 5.74) is 5.80. The molecular weight excluding hydrogens is 416 g/mol. The molecule has 168 valence electrons. The van der Waals surface area contributed by atoms with Gasteiger partial charge in [0.25, 0.3) is 0 Å². The molecular formula is C25H32N6S. The number of hydrogen-bond acceptors (Lipinski definition) is 4. The van der Waals surface area contributed by atoms with Gasteiger partial charge in [-0.1, -0.05) is 12.1 Å². The fraction of sp³-hybridized carbons (Fsp3) is 0.400. The molecule has 6 nitrogen and oxygen atoms in total. The van der Waals surface area contributed by atoms with E-state index < -0.39 is 0 Å². The van der Waals surface area contributed by atoms with E-state index in [0.29, 0.717) is 0 Å². The van der Waals surface area contributed by atoms with Crippen molar-refractivity contribution >= 4 is 17.3 Å². The second kappa shape index (κ2) is 9.38. The van der Waals surface area contributed by atoms with Gasteiger partial charge in [-0.3, -0.25) is 4.98 Å². The molecule has 3 aromatic rings. The van der Waals surface area contributed by atoms with E-state index >= 15 is 0 Å². The summed E-state index contributed by atoms with van der Waals surface area (Å²) in [7, 11) is 4.22. The summed E-state index contributed by atoms with van der Waals surface area (Å²) < 4.78 is 2.26. The quantitative estimate of drug-likeness (QED) is 0.549. The normalized spacial score (nSPS) is 18.4. The average molecular weight is 449 g/mol. The van der Waals surface area contributed by atoms with E-state index in [2.05, 4.69) is 82.7 Å². The van der Waals surface area contributed by atoms with Crippen molar-refractivity contribution in [3.05, 3.63) is 77.0 Å². The molecule has 4 rings (SSSR count). The summed E-state index contributed by atoms with van der Waals surface area (Å²) >= 11 is 5.83. The second-order valence-electron chi connectivity index (χ2n) is 8.78. The summed E-state index contributed by atoms with van der Waals surface area (Å²) in [6.45, 7) is 8.36. The van der Waals surface area contributed by atoms with E-state index in [1.807, 2.05) is 30.6 Å². The molecule has 0 aliphatic carbocycles. The third kappa shape index (κ3) is 4.27. The van der Waals surface area contributed by atoms with Crippen LogP contribution in [0.25, 0.3) is 5.82 Å². The summed E-state index contributed by atoms with van der Waals surface area (Å²) in [5, 5.41) is 4.37. The van der Waals surface area contributed by atoms with Crippen LogP contribution in [0.1, 0.15) is 46.7 Å². The number of rotatable bonds is 7. The first kappa shape index (κ1) is 22.4. The second-order valence-corrected chi connectivity index (χ2v) is 9.17. The molecule has 3 aromatic heterocycles. The average Bonchev–Trinajstić information content (AvgIpc) is 3.24. The number of aromatic nitrogens is 3. The Morgan fingerprint density at radius 3 is 2.53 bits per heavy atom. The molecule has 0 amide bonds. The molecule has 0 radical (unpaired) electrons. The van der Waals surface area contributed by atoms with Gasteiger partial charge in [0.05, 0.1) is 17.8 Å². The highest BCUT2D eigenvalue weighted by molar-refractivity contribution is 7.80. The maximum Gasteiger partial charge on any atom is 0.170 e.